The van der Waals surface area contributed by atoms with E-state index in [1.54, 1.807) is 12.1 Å². The summed E-state index contributed by atoms with van der Waals surface area (Å²) in [4.78, 5) is 0. The van der Waals surface area contributed by atoms with Gasteiger partial charge in [-0.15, -0.1) is 11.6 Å². The molecular weight excluding hydrogens is 258 g/mol. The summed E-state index contributed by atoms with van der Waals surface area (Å²) >= 11 is 5.76. The zero-order valence-corrected chi connectivity index (χ0v) is 11.7. The van der Waals surface area contributed by atoms with E-state index in [2.05, 4.69) is 13.0 Å². The van der Waals surface area contributed by atoms with E-state index >= 15 is 0 Å². The smallest absolute Gasteiger partial charge is 0.145 e. The minimum Gasteiger partial charge on any atom is -0.456 e. The predicted molar refractivity (Wildman–Crippen MR) is 76.7 cm³/mol. The Labute approximate surface area is 118 Å². The van der Waals surface area contributed by atoms with E-state index in [1.807, 2.05) is 31.2 Å². The zero-order valence-electron chi connectivity index (χ0n) is 10.9. The summed E-state index contributed by atoms with van der Waals surface area (Å²) in [5.41, 5.74) is 3.78. The fourth-order valence-electron chi connectivity index (χ4n) is 1.74. The van der Waals surface area contributed by atoms with Crippen molar-refractivity contribution in [3.05, 3.63) is 58.7 Å². The molecule has 3 heteroatoms. The third kappa shape index (κ3) is 3.07. The van der Waals surface area contributed by atoms with Crippen molar-refractivity contribution in [3.8, 4) is 17.6 Å². The summed E-state index contributed by atoms with van der Waals surface area (Å²) in [5, 5.41) is 9.14. The van der Waals surface area contributed by atoms with Gasteiger partial charge in [0.2, 0.25) is 0 Å². The van der Waals surface area contributed by atoms with Gasteiger partial charge in [0.25, 0.3) is 0 Å². The second-order valence-corrected chi connectivity index (χ2v) is 4.69. The molecule has 2 nitrogen and oxygen atoms in total. The van der Waals surface area contributed by atoms with Crippen molar-refractivity contribution in [1.29, 1.82) is 5.26 Å². The normalized spacial score (nSPS) is 10.0. The molecule has 0 heterocycles. The van der Waals surface area contributed by atoms with Crippen LogP contribution in [0.1, 0.15) is 22.3 Å². The van der Waals surface area contributed by atoms with Crippen molar-refractivity contribution < 1.29 is 4.74 Å². The van der Waals surface area contributed by atoms with Gasteiger partial charge in [-0.05, 0) is 54.8 Å². The molecule has 2 aromatic rings. The van der Waals surface area contributed by atoms with E-state index in [0.717, 1.165) is 16.9 Å². The van der Waals surface area contributed by atoms with Crippen LogP contribution in [0.15, 0.2) is 36.4 Å². The molecule has 0 aromatic heterocycles. The lowest BCUT2D eigenvalue weighted by atomic mass is 10.1. The Morgan fingerprint density at radius 1 is 1.11 bits per heavy atom. The maximum Gasteiger partial charge on any atom is 0.145 e. The third-order valence-corrected chi connectivity index (χ3v) is 3.33. The van der Waals surface area contributed by atoms with E-state index in [9.17, 15) is 0 Å². The van der Waals surface area contributed by atoms with Crippen LogP contribution in [0.2, 0.25) is 0 Å². The first-order chi connectivity index (χ1) is 9.13. The molecule has 0 bridgehead atoms. The number of alkyl halides is 1. The Balaban J connectivity index is 2.33. The fourth-order valence-corrected chi connectivity index (χ4v) is 1.91. The minimum atomic E-state index is 0.387. The van der Waals surface area contributed by atoms with E-state index in [0.29, 0.717) is 17.2 Å². The number of hydrogen-bond donors (Lipinski definition) is 0. The Hall–Kier alpha value is -1.98. The van der Waals surface area contributed by atoms with Crippen molar-refractivity contribution in [1.82, 2.24) is 0 Å². The molecular formula is C16H14ClNO. The van der Waals surface area contributed by atoms with Gasteiger partial charge >= 0.3 is 0 Å². The zero-order chi connectivity index (χ0) is 13.8. The monoisotopic (exact) mass is 271 g/mol. The first kappa shape index (κ1) is 13.5. The molecule has 0 amide bonds. The lowest BCUT2D eigenvalue weighted by molar-refractivity contribution is 0.480. The Morgan fingerprint density at radius 3 is 2.53 bits per heavy atom. The Morgan fingerprint density at radius 2 is 1.89 bits per heavy atom. The SMILES string of the molecule is Cc1ccc(Oc2ccc(CCl)cc2C#N)cc1C. The van der Waals surface area contributed by atoms with Gasteiger partial charge < -0.3 is 4.74 Å². The van der Waals surface area contributed by atoms with Gasteiger partial charge in [-0.1, -0.05) is 12.1 Å². The van der Waals surface area contributed by atoms with Crippen LogP contribution in [0, 0.1) is 25.2 Å². The van der Waals surface area contributed by atoms with Crippen molar-refractivity contribution in [2.45, 2.75) is 19.7 Å². The van der Waals surface area contributed by atoms with Crippen molar-refractivity contribution in [2.24, 2.45) is 0 Å². The standard InChI is InChI=1S/C16H14ClNO/c1-11-3-5-15(7-12(11)2)19-16-6-4-13(9-17)8-14(16)10-18/h3-8H,9H2,1-2H3. The van der Waals surface area contributed by atoms with Gasteiger partial charge in [0.1, 0.15) is 17.6 Å². The number of benzene rings is 2. The number of rotatable bonds is 3. The maximum atomic E-state index is 9.14. The largest absolute Gasteiger partial charge is 0.456 e. The maximum absolute atomic E-state index is 9.14. The first-order valence-electron chi connectivity index (χ1n) is 5.98. The number of ether oxygens (including phenoxy) is 1. The first-order valence-corrected chi connectivity index (χ1v) is 6.51. The minimum absolute atomic E-state index is 0.387. The van der Waals surface area contributed by atoms with Crippen LogP contribution in [-0.4, -0.2) is 0 Å². The molecule has 2 rings (SSSR count). The van der Waals surface area contributed by atoms with Gasteiger partial charge in [-0.2, -0.15) is 5.26 Å². The quantitative estimate of drug-likeness (QED) is 0.758. The Bertz CT molecular complexity index is 644. The highest BCUT2D eigenvalue weighted by Crippen LogP contribution is 2.27. The molecule has 0 aliphatic heterocycles. The molecule has 96 valence electrons. The number of nitrogens with zero attached hydrogens (tertiary/aromatic N) is 1. The van der Waals surface area contributed by atoms with Crippen molar-refractivity contribution in [2.75, 3.05) is 0 Å². The van der Waals surface area contributed by atoms with Gasteiger partial charge in [-0.25, -0.2) is 0 Å². The molecule has 2 aromatic carbocycles. The van der Waals surface area contributed by atoms with E-state index in [1.165, 1.54) is 5.56 Å². The lowest BCUT2D eigenvalue weighted by Gasteiger charge is -2.10. The molecule has 0 spiro atoms. The lowest BCUT2D eigenvalue weighted by Crippen LogP contribution is -1.91. The van der Waals surface area contributed by atoms with Crippen LogP contribution in [-0.2, 0) is 5.88 Å². The summed E-state index contributed by atoms with van der Waals surface area (Å²) in [7, 11) is 0. The van der Waals surface area contributed by atoms with Crippen LogP contribution in [0.25, 0.3) is 0 Å². The highest BCUT2D eigenvalue weighted by Gasteiger charge is 2.06. The molecule has 0 aliphatic carbocycles. The van der Waals surface area contributed by atoms with Crippen LogP contribution in [0.3, 0.4) is 0 Å². The Kier molecular flexibility index (Phi) is 4.09. The number of nitriles is 1. The number of halogens is 1. The second kappa shape index (κ2) is 5.77. The van der Waals surface area contributed by atoms with Gasteiger partial charge in [0.05, 0.1) is 5.56 Å². The molecule has 19 heavy (non-hydrogen) atoms. The molecule has 0 saturated carbocycles. The topological polar surface area (TPSA) is 33.0 Å². The molecule has 0 radical (unpaired) electrons. The van der Waals surface area contributed by atoms with Crippen molar-refractivity contribution in [3.63, 3.8) is 0 Å². The molecule has 0 aliphatic rings. The van der Waals surface area contributed by atoms with E-state index < -0.39 is 0 Å². The molecule has 0 saturated heterocycles. The summed E-state index contributed by atoms with van der Waals surface area (Å²) < 4.78 is 5.77. The summed E-state index contributed by atoms with van der Waals surface area (Å²) in [5.74, 6) is 1.68. The van der Waals surface area contributed by atoms with E-state index in [4.69, 9.17) is 21.6 Å². The molecule has 0 N–H and O–H groups in total. The van der Waals surface area contributed by atoms with Gasteiger partial charge in [0, 0.05) is 5.88 Å². The molecule has 0 unspecified atom stereocenters. The molecule has 0 atom stereocenters. The second-order valence-electron chi connectivity index (χ2n) is 4.42. The number of hydrogen-bond acceptors (Lipinski definition) is 2. The third-order valence-electron chi connectivity index (χ3n) is 3.02. The van der Waals surface area contributed by atoms with Crippen LogP contribution in [0.5, 0.6) is 11.5 Å². The summed E-state index contributed by atoms with van der Waals surface area (Å²) in [6.07, 6.45) is 0. The predicted octanol–water partition coefficient (Wildman–Crippen LogP) is 4.71. The van der Waals surface area contributed by atoms with Crippen LogP contribution >= 0.6 is 11.6 Å². The number of aryl methyl sites for hydroxylation is 2. The fraction of sp³-hybridized carbons (Fsp3) is 0.188. The van der Waals surface area contributed by atoms with Crippen LogP contribution in [0.4, 0.5) is 0 Å². The van der Waals surface area contributed by atoms with E-state index in [-0.39, 0.29) is 0 Å². The van der Waals surface area contributed by atoms with Crippen molar-refractivity contribution >= 4 is 11.6 Å². The van der Waals surface area contributed by atoms with Gasteiger partial charge in [-0.3, -0.25) is 0 Å². The molecule has 0 fully saturated rings. The highest BCUT2D eigenvalue weighted by molar-refractivity contribution is 6.17. The average Bonchev–Trinajstić information content (AvgIpc) is 2.43. The summed E-state index contributed by atoms with van der Waals surface area (Å²) in [6.45, 7) is 4.08. The summed E-state index contributed by atoms with van der Waals surface area (Å²) in [6, 6.07) is 13.4. The average molecular weight is 272 g/mol. The van der Waals surface area contributed by atoms with Crippen LogP contribution < -0.4 is 4.74 Å². The highest BCUT2D eigenvalue weighted by atomic mass is 35.5. The van der Waals surface area contributed by atoms with Gasteiger partial charge in [0.15, 0.2) is 0 Å².